The molecular weight excluding hydrogens is 236 g/mol. The van der Waals surface area contributed by atoms with E-state index in [1.54, 1.807) is 12.4 Å². The van der Waals surface area contributed by atoms with Crippen LogP contribution < -0.4 is 0 Å². The number of allylic oxidation sites excluding steroid dienone is 1. The van der Waals surface area contributed by atoms with Gasteiger partial charge in [-0.25, -0.2) is 4.99 Å². The molecule has 1 aromatic carbocycles. The predicted octanol–water partition coefficient (Wildman–Crippen LogP) is 2.99. The number of hydrogen-bond acceptors (Lipinski definition) is 2. The van der Waals surface area contributed by atoms with Crippen molar-refractivity contribution in [3.63, 3.8) is 0 Å². The Morgan fingerprint density at radius 2 is 1.47 bits per heavy atom. The first-order valence-electron chi connectivity index (χ1n) is 6.07. The average Bonchev–Trinajstić information content (AvgIpc) is 2.75. The summed E-state index contributed by atoms with van der Waals surface area (Å²) in [5.41, 5.74) is 4.21. The van der Waals surface area contributed by atoms with Crippen molar-refractivity contribution in [2.45, 2.75) is 6.92 Å². The van der Waals surface area contributed by atoms with E-state index in [9.17, 15) is 4.79 Å². The van der Waals surface area contributed by atoms with Crippen molar-refractivity contribution in [3.8, 4) is 0 Å². The summed E-state index contributed by atoms with van der Waals surface area (Å²) in [7, 11) is 0. The van der Waals surface area contributed by atoms with Gasteiger partial charge in [-0.3, -0.25) is 9.78 Å². The minimum atomic E-state index is -0.171. The van der Waals surface area contributed by atoms with Gasteiger partial charge in [-0.1, -0.05) is 30.3 Å². The molecular formula is C16H12N2O. The standard InChI is InChI=1S/C16H12N2O/c1-11-14(13-7-9-17-10-8-13)15(16(19)18-11)12-5-3-2-4-6-12/h2-10H,1H3. The second-order valence-corrected chi connectivity index (χ2v) is 4.35. The van der Waals surface area contributed by atoms with E-state index in [1.807, 2.05) is 49.4 Å². The number of aliphatic imine (C=N–C) groups is 1. The number of pyridine rings is 1. The zero-order valence-electron chi connectivity index (χ0n) is 10.5. The summed E-state index contributed by atoms with van der Waals surface area (Å²) in [5.74, 6) is -0.171. The molecule has 0 bridgehead atoms. The molecule has 0 aliphatic carbocycles. The topological polar surface area (TPSA) is 42.3 Å². The molecule has 2 aromatic rings. The van der Waals surface area contributed by atoms with Crippen molar-refractivity contribution in [2.24, 2.45) is 4.99 Å². The fourth-order valence-corrected chi connectivity index (χ4v) is 2.30. The lowest BCUT2D eigenvalue weighted by Crippen LogP contribution is -1.97. The van der Waals surface area contributed by atoms with Gasteiger partial charge >= 0.3 is 0 Å². The predicted molar refractivity (Wildman–Crippen MR) is 75.6 cm³/mol. The summed E-state index contributed by atoms with van der Waals surface area (Å²) in [6, 6.07) is 13.4. The van der Waals surface area contributed by atoms with Crippen LogP contribution >= 0.6 is 0 Å². The maximum Gasteiger partial charge on any atom is 0.278 e. The van der Waals surface area contributed by atoms with Crippen LogP contribution in [0.5, 0.6) is 0 Å². The van der Waals surface area contributed by atoms with Crippen LogP contribution in [-0.2, 0) is 4.79 Å². The highest BCUT2D eigenvalue weighted by atomic mass is 16.1. The van der Waals surface area contributed by atoms with Gasteiger partial charge < -0.3 is 0 Å². The van der Waals surface area contributed by atoms with Gasteiger partial charge in [0.25, 0.3) is 5.91 Å². The van der Waals surface area contributed by atoms with E-state index in [0.29, 0.717) is 5.57 Å². The highest BCUT2D eigenvalue weighted by Crippen LogP contribution is 2.32. The van der Waals surface area contributed by atoms with Crippen molar-refractivity contribution >= 4 is 22.8 Å². The Hall–Kier alpha value is -2.55. The van der Waals surface area contributed by atoms with Crippen LogP contribution in [0.2, 0.25) is 0 Å². The molecule has 1 aliphatic rings. The molecule has 0 saturated heterocycles. The molecule has 1 amide bonds. The molecule has 0 N–H and O–H groups in total. The van der Waals surface area contributed by atoms with E-state index >= 15 is 0 Å². The van der Waals surface area contributed by atoms with Crippen LogP contribution in [0, 0.1) is 0 Å². The van der Waals surface area contributed by atoms with Gasteiger partial charge in [-0.15, -0.1) is 0 Å². The molecule has 0 atom stereocenters. The Kier molecular flexibility index (Phi) is 2.80. The first-order valence-corrected chi connectivity index (χ1v) is 6.07. The van der Waals surface area contributed by atoms with Gasteiger partial charge in [-0.2, -0.15) is 0 Å². The molecule has 3 nitrogen and oxygen atoms in total. The van der Waals surface area contributed by atoms with Gasteiger partial charge in [0.15, 0.2) is 0 Å². The van der Waals surface area contributed by atoms with E-state index in [4.69, 9.17) is 0 Å². The Labute approximate surface area is 111 Å². The molecule has 3 rings (SSSR count). The monoisotopic (exact) mass is 248 g/mol. The Balaban J connectivity index is 2.24. The van der Waals surface area contributed by atoms with Crippen molar-refractivity contribution in [1.82, 2.24) is 4.98 Å². The second kappa shape index (κ2) is 4.61. The molecule has 2 heterocycles. The molecule has 0 saturated carbocycles. The molecule has 1 aliphatic heterocycles. The molecule has 1 aromatic heterocycles. The van der Waals surface area contributed by atoms with E-state index in [1.165, 1.54) is 0 Å². The molecule has 3 heteroatoms. The average molecular weight is 248 g/mol. The molecule has 0 spiro atoms. The fraction of sp³-hybridized carbons (Fsp3) is 0.0625. The second-order valence-electron chi connectivity index (χ2n) is 4.35. The van der Waals surface area contributed by atoms with Crippen LogP contribution in [-0.4, -0.2) is 16.6 Å². The quantitative estimate of drug-likeness (QED) is 0.819. The third kappa shape index (κ3) is 1.99. The fourth-order valence-electron chi connectivity index (χ4n) is 2.30. The van der Waals surface area contributed by atoms with E-state index in [2.05, 4.69) is 9.98 Å². The van der Waals surface area contributed by atoms with Crippen LogP contribution in [0.4, 0.5) is 0 Å². The Morgan fingerprint density at radius 3 is 2.16 bits per heavy atom. The van der Waals surface area contributed by atoms with E-state index in [-0.39, 0.29) is 5.91 Å². The molecule has 0 radical (unpaired) electrons. The minimum absolute atomic E-state index is 0.171. The highest BCUT2D eigenvalue weighted by molar-refractivity contribution is 6.48. The van der Waals surface area contributed by atoms with Gasteiger partial charge in [0.1, 0.15) is 0 Å². The smallest absolute Gasteiger partial charge is 0.267 e. The summed E-state index contributed by atoms with van der Waals surface area (Å²) >= 11 is 0. The first-order chi connectivity index (χ1) is 9.27. The summed E-state index contributed by atoms with van der Waals surface area (Å²) in [6.45, 7) is 1.86. The lowest BCUT2D eigenvalue weighted by atomic mass is 9.94. The van der Waals surface area contributed by atoms with Crippen molar-refractivity contribution < 1.29 is 4.79 Å². The molecule has 0 fully saturated rings. The van der Waals surface area contributed by atoms with Crippen molar-refractivity contribution in [1.29, 1.82) is 0 Å². The zero-order chi connectivity index (χ0) is 13.2. The normalized spacial score (nSPS) is 14.8. The van der Waals surface area contributed by atoms with Gasteiger partial charge in [0.2, 0.25) is 0 Å². The number of carbonyl (C=O) groups is 1. The summed E-state index contributed by atoms with van der Waals surface area (Å²) in [6.07, 6.45) is 3.45. The highest BCUT2D eigenvalue weighted by Gasteiger charge is 2.26. The summed E-state index contributed by atoms with van der Waals surface area (Å²) < 4.78 is 0. The number of amides is 1. The number of aromatic nitrogens is 1. The van der Waals surface area contributed by atoms with Crippen molar-refractivity contribution in [2.75, 3.05) is 0 Å². The molecule has 19 heavy (non-hydrogen) atoms. The molecule has 0 unspecified atom stereocenters. The maximum atomic E-state index is 12.1. The van der Waals surface area contributed by atoms with Crippen molar-refractivity contribution in [3.05, 3.63) is 66.0 Å². The third-order valence-corrected chi connectivity index (χ3v) is 3.13. The van der Waals surface area contributed by atoms with E-state index < -0.39 is 0 Å². The number of nitrogens with zero attached hydrogens (tertiary/aromatic N) is 2. The first kappa shape index (κ1) is 11.5. The summed E-state index contributed by atoms with van der Waals surface area (Å²) in [5, 5.41) is 0. The van der Waals surface area contributed by atoms with Crippen LogP contribution in [0.1, 0.15) is 18.1 Å². The summed E-state index contributed by atoms with van der Waals surface area (Å²) in [4.78, 5) is 20.2. The number of benzene rings is 1. The third-order valence-electron chi connectivity index (χ3n) is 3.13. The maximum absolute atomic E-state index is 12.1. The number of hydrogen-bond donors (Lipinski definition) is 0. The minimum Gasteiger partial charge on any atom is -0.267 e. The zero-order valence-corrected chi connectivity index (χ0v) is 10.5. The van der Waals surface area contributed by atoms with Crippen LogP contribution in [0.3, 0.4) is 0 Å². The Morgan fingerprint density at radius 1 is 0.842 bits per heavy atom. The SMILES string of the molecule is CC1=NC(=O)C(c2ccccc2)=C1c1ccncc1. The largest absolute Gasteiger partial charge is 0.278 e. The van der Waals surface area contributed by atoms with Crippen LogP contribution in [0.25, 0.3) is 11.1 Å². The number of carbonyl (C=O) groups excluding carboxylic acids is 1. The lowest BCUT2D eigenvalue weighted by Gasteiger charge is -2.07. The van der Waals surface area contributed by atoms with Gasteiger partial charge in [-0.05, 0) is 30.2 Å². The lowest BCUT2D eigenvalue weighted by molar-refractivity contribution is -0.112. The van der Waals surface area contributed by atoms with E-state index in [0.717, 1.165) is 22.4 Å². The Bertz CT molecular complexity index is 685. The van der Waals surface area contributed by atoms with Gasteiger partial charge in [0, 0.05) is 18.0 Å². The molecule has 92 valence electrons. The number of rotatable bonds is 2. The van der Waals surface area contributed by atoms with Crippen LogP contribution in [0.15, 0.2) is 59.9 Å². The van der Waals surface area contributed by atoms with Gasteiger partial charge in [0.05, 0.1) is 11.3 Å².